The molecule has 1 saturated heterocycles. The first kappa shape index (κ1) is 31.6. The summed E-state index contributed by atoms with van der Waals surface area (Å²) in [6.45, 7) is 6.74. The summed E-state index contributed by atoms with van der Waals surface area (Å²) in [5, 5.41) is 15.3. The summed E-state index contributed by atoms with van der Waals surface area (Å²) in [4.78, 5) is 35.5. The van der Waals surface area contributed by atoms with Crippen LogP contribution in [0.3, 0.4) is 0 Å². The lowest BCUT2D eigenvalue weighted by atomic mass is 9.92. The second-order valence-corrected chi connectivity index (χ2v) is 11.7. The van der Waals surface area contributed by atoms with Crippen LogP contribution in [0.25, 0.3) is 0 Å². The van der Waals surface area contributed by atoms with E-state index < -0.39 is 6.04 Å². The summed E-state index contributed by atoms with van der Waals surface area (Å²) in [5.41, 5.74) is 3.12. The number of nitrogens with zero attached hydrogens (tertiary/aromatic N) is 4. The normalized spacial score (nSPS) is 20.4. The van der Waals surface area contributed by atoms with Crippen LogP contribution >= 0.6 is 0 Å². The number of nitrogens with one attached hydrogen (secondary N) is 3. The van der Waals surface area contributed by atoms with E-state index in [1.807, 2.05) is 54.3 Å². The third-order valence-electron chi connectivity index (χ3n) is 8.58. The molecule has 2 amide bonds. The number of rotatable bonds is 13. The lowest BCUT2D eigenvalue weighted by Gasteiger charge is -2.43. The molecule has 4 rings (SSSR count). The summed E-state index contributed by atoms with van der Waals surface area (Å²) in [7, 11) is 0. The maximum atomic E-state index is 13.8. The highest BCUT2D eigenvalue weighted by Gasteiger charge is 2.34. The molecule has 1 aliphatic heterocycles. The fourth-order valence-electron chi connectivity index (χ4n) is 6.22. The molecule has 0 radical (unpaired) electrons. The molecule has 2 aliphatic rings. The van der Waals surface area contributed by atoms with Gasteiger partial charge in [0, 0.05) is 70.9 Å². The van der Waals surface area contributed by atoms with E-state index in [0.717, 1.165) is 42.8 Å². The minimum atomic E-state index is -0.605. The van der Waals surface area contributed by atoms with Crippen molar-refractivity contribution in [2.24, 2.45) is 11.8 Å². The molecule has 3 atom stereocenters. The number of carbonyl (C=O) groups excluding carboxylic acids is 2. The Hall–Kier alpha value is -3.34. The minimum Gasteiger partial charge on any atom is -0.344 e. The molecule has 0 bridgehead atoms. The third kappa shape index (κ3) is 9.61. The van der Waals surface area contributed by atoms with Crippen molar-refractivity contribution < 1.29 is 9.59 Å². The highest BCUT2D eigenvalue weighted by Crippen LogP contribution is 2.29. The Morgan fingerprint density at radius 2 is 1.86 bits per heavy atom. The predicted octanol–water partition coefficient (Wildman–Crippen LogP) is 2.47. The van der Waals surface area contributed by atoms with Gasteiger partial charge in [0.1, 0.15) is 6.04 Å². The highest BCUT2D eigenvalue weighted by molar-refractivity contribution is 5.88. The number of hydrazine groups is 1. The molecule has 0 spiro atoms. The first-order valence-electron chi connectivity index (χ1n) is 15.4. The molecule has 5 N–H and O–H groups in total. The maximum Gasteiger partial charge on any atom is 0.245 e. The van der Waals surface area contributed by atoms with Crippen LogP contribution in [-0.4, -0.2) is 89.3 Å². The van der Waals surface area contributed by atoms with Gasteiger partial charge in [-0.25, -0.2) is 5.84 Å². The topological polar surface area (TPSA) is 131 Å². The molecule has 2 unspecified atom stereocenters. The van der Waals surface area contributed by atoms with E-state index in [-0.39, 0.29) is 18.2 Å². The molecule has 1 aliphatic carbocycles. The Balaban J connectivity index is 1.34. The van der Waals surface area contributed by atoms with E-state index in [4.69, 9.17) is 11.3 Å². The zero-order chi connectivity index (χ0) is 29.7. The fourth-order valence-corrected chi connectivity index (χ4v) is 6.22. The van der Waals surface area contributed by atoms with Gasteiger partial charge in [-0.2, -0.15) is 0 Å². The quantitative estimate of drug-likeness (QED) is 0.0720. The van der Waals surface area contributed by atoms with Crippen LogP contribution in [0.1, 0.15) is 55.3 Å². The van der Waals surface area contributed by atoms with Gasteiger partial charge in [-0.05, 0) is 43.4 Å². The number of amides is 2. The van der Waals surface area contributed by atoms with Crippen LogP contribution < -0.4 is 16.5 Å². The van der Waals surface area contributed by atoms with Gasteiger partial charge in [0.05, 0.1) is 12.0 Å². The van der Waals surface area contributed by atoms with Crippen LogP contribution in [-0.2, 0) is 22.6 Å². The van der Waals surface area contributed by atoms with Crippen molar-refractivity contribution in [3.05, 3.63) is 65.5 Å². The molecular weight excluding hydrogens is 528 g/mol. The van der Waals surface area contributed by atoms with Crippen molar-refractivity contribution in [1.29, 1.82) is 5.41 Å². The van der Waals surface area contributed by atoms with Crippen molar-refractivity contribution in [2.45, 2.75) is 70.5 Å². The number of aromatic nitrogens is 1. The summed E-state index contributed by atoms with van der Waals surface area (Å²) < 4.78 is 0. The van der Waals surface area contributed by atoms with Crippen LogP contribution in [0.4, 0.5) is 0 Å². The molecule has 42 heavy (non-hydrogen) atoms. The largest absolute Gasteiger partial charge is 0.344 e. The second-order valence-electron chi connectivity index (χ2n) is 11.7. The predicted molar refractivity (Wildman–Crippen MR) is 166 cm³/mol. The summed E-state index contributed by atoms with van der Waals surface area (Å²) >= 11 is 0. The zero-order valence-corrected chi connectivity index (χ0v) is 25.0. The average Bonchev–Trinajstić information content (AvgIpc) is 3.25. The number of hydrogen-bond donors (Lipinski definition) is 4. The molecule has 10 nitrogen and oxygen atoms in total. The second kappa shape index (κ2) is 16.3. The number of piperazine rings is 1. The van der Waals surface area contributed by atoms with Crippen LogP contribution in [0.2, 0.25) is 0 Å². The third-order valence-corrected chi connectivity index (χ3v) is 8.58. The lowest BCUT2D eigenvalue weighted by molar-refractivity contribution is -0.138. The van der Waals surface area contributed by atoms with Crippen molar-refractivity contribution in [3.63, 3.8) is 0 Å². The van der Waals surface area contributed by atoms with Gasteiger partial charge in [0.2, 0.25) is 11.8 Å². The number of nitrogens with two attached hydrogens (primary N) is 1. The molecule has 1 aromatic carbocycles. The Morgan fingerprint density at radius 1 is 1.10 bits per heavy atom. The van der Waals surface area contributed by atoms with Gasteiger partial charge >= 0.3 is 0 Å². The molecule has 2 aromatic rings. The highest BCUT2D eigenvalue weighted by atomic mass is 16.2. The van der Waals surface area contributed by atoms with Gasteiger partial charge in [-0.15, -0.1) is 0 Å². The van der Waals surface area contributed by atoms with E-state index in [1.165, 1.54) is 30.6 Å². The van der Waals surface area contributed by atoms with Crippen molar-refractivity contribution in [3.8, 4) is 0 Å². The monoisotopic (exact) mass is 576 g/mol. The molecule has 10 heteroatoms. The van der Waals surface area contributed by atoms with Gasteiger partial charge in [-0.1, -0.05) is 55.2 Å². The summed E-state index contributed by atoms with van der Waals surface area (Å²) in [6.07, 6.45) is 9.60. The Kier molecular flexibility index (Phi) is 12.3. The van der Waals surface area contributed by atoms with E-state index in [0.29, 0.717) is 51.1 Å². The zero-order valence-electron chi connectivity index (χ0n) is 25.0. The molecule has 1 saturated carbocycles. The number of carbonyl (C=O) groups is 2. The van der Waals surface area contributed by atoms with Crippen LogP contribution in [0, 0.1) is 18.3 Å². The molecule has 2 heterocycles. The van der Waals surface area contributed by atoms with Crippen molar-refractivity contribution in [2.75, 3.05) is 39.3 Å². The molecule has 1 aromatic heterocycles. The first-order valence-corrected chi connectivity index (χ1v) is 15.4. The fraction of sp³-hybridized carbons (Fsp3) is 0.562. The van der Waals surface area contributed by atoms with Gasteiger partial charge < -0.3 is 20.5 Å². The number of aryl methyl sites for hydroxylation is 1. The Bertz CT molecular complexity index is 1120. The molecular formula is C32H48N8O2. The average molecular weight is 577 g/mol. The van der Waals surface area contributed by atoms with E-state index in [2.05, 4.69) is 20.5 Å². The van der Waals surface area contributed by atoms with Crippen LogP contribution in [0.5, 0.6) is 0 Å². The van der Waals surface area contributed by atoms with E-state index in [9.17, 15) is 9.59 Å². The van der Waals surface area contributed by atoms with Gasteiger partial charge in [-0.3, -0.25) is 24.9 Å². The summed E-state index contributed by atoms with van der Waals surface area (Å²) in [6, 6.07) is 13.7. The Morgan fingerprint density at radius 3 is 2.57 bits per heavy atom. The van der Waals surface area contributed by atoms with E-state index >= 15 is 0 Å². The number of benzene rings is 1. The van der Waals surface area contributed by atoms with Crippen molar-refractivity contribution in [1.82, 2.24) is 30.4 Å². The maximum absolute atomic E-state index is 13.8. The first-order chi connectivity index (χ1) is 20.4. The molecule has 2 fully saturated rings. The smallest absolute Gasteiger partial charge is 0.245 e. The molecule has 228 valence electrons. The SMILES string of the molecule is Cc1ccc(C[C@@H](NC(=O)CCNCc2ccccn2)C(=O)N2CCN(C3CCCCCC3CN(N)C=N)CC2)cc1. The van der Waals surface area contributed by atoms with Crippen LogP contribution in [0.15, 0.2) is 48.7 Å². The Labute approximate surface area is 250 Å². The van der Waals surface area contributed by atoms with E-state index in [1.54, 1.807) is 6.20 Å². The van der Waals surface area contributed by atoms with Crippen molar-refractivity contribution >= 4 is 18.2 Å². The minimum absolute atomic E-state index is 0.0145. The number of pyridine rings is 1. The lowest BCUT2D eigenvalue weighted by Crippen LogP contribution is -2.58. The standard InChI is InChI=1S/C32H48N8O2/c1-25-10-12-26(13-11-25)21-29(37-31(41)14-16-35-22-28-8-5-6-15-36-28)32(42)39-19-17-38(18-20-39)30-9-4-2-3-7-27(30)23-40(34)24-33/h5-6,8,10-13,15,24,27,29-30,33,35H,2-4,7,9,14,16-23,34H2,1H3,(H,37,41)/t27?,29-,30?/m1/s1. The summed E-state index contributed by atoms with van der Waals surface area (Å²) in [5.74, 6) is 6.27. The van der Waals surface area contributed by atoms with Gasteiger partial charge in [0.15, 0.2) is 0 Å². The van der Waals surface area contributed by atoms with Gasteiger partial charge in [0.25, 0.3) is 0 Å². The number of hydrogen-bond acceptors (Lipinski definition) is 7.